The lowest BCUT2D eigenvalue weighted by atomic mass is 10.2. The molecule has 0 unspecified atom stereocenters. The van der Waals surface area contributed by atoms with Gasteiger partial charge in [0.05, 0.1) is 6.61 Å². The molecule has 0 heterocycles. The molecular formula is C16H17F2NO3S. The van der Waals surface area contributed by atoms with Gasteiger partial charge in [-0.1, -0.05) is 12.1 Å². The largest absolute Gasteiger partial charge is 0.494 e. The van der Waals surface area contributed by atoms with Gasteiger partial charge < -0.3 is 4.74 Å². The predicted octanol–water partition coefficient (Wildman–Crippen LogP) is 3.02. The molecule has 2 aromatic rings. The monoisotopic (exact) mass is 341 g/mol. The smallest absolute Gasteiger partial charge is 0.243 e. The van der Waals surface area contributed by atoms with Crippen LogP contribution in [0.15, 0.2) is 47.4 Å². The van der Waals surface area contributed by atoms with E-state index in [0.29, 0.717) is 24.8 Å². The van der Waals surface area contributed by atoms with Crippen LogP contribution in [0.3, 0.4) is 0 Å². The number of hydrogen-bond acceptors (Lipinski definition) is 3. The van der Waals surface area contributed by atoms with E-state index in [-0.39, 0.29) is 6.54 Å². The zero-order valence-electron chi connectivity index (χ0n) is 12.6. The Hall–Kier alpha value is -1.99. The second-order valence-corrected chi connectivity index (χ2v) is 6.73. The summed E-state index contributed by atoms with van der Waals surface area (Å²) in [6.07, 6.45) is 0.393. The molecule has 0 bridgehead atoms. The summed E-state index contributed by atoms with van der Waals surface area (Å²) < 4.78 is 58.1. The number of hydrogen-bond donors (Lipinski definition) is 1. The second-order valence-electron chi connectivity index (χ2n) is 4.99. The number of benzene rings is 2. The molecule has 0 aromatic heterocycles. The van der Waals surface area contributed by atoms with Gasteiger partial charge in [-0.05, 0) is 49.2 Å². The van der Waals surface area contributed by atoms with Crippen LogP contribution >= 0.6 is 0 Å². The third-order valence-corrected chi connectivity index (χ3v) is 4.53. The summed E-state index contributed by atoms with van der Waals surface area (Å²) in [5.74, 6) is -1.10. The van der Waals surface area contributed by atoms with Crippen LogP contribution in [0, 0.1) is 18.6 Å². The van der Waals surface area contributed by atoms with Crippen molar-refractivity contribution in [1.29, 1.82) is 0 Å². The molecule has 0 saturated heterocycles. The van der Waals surface area contributed by atoms with Crippen LogP contribution in [0.1, 0.15) is 12.0 Å². The van der Waals surface area contributed by atoms with Crippen molar-refractivity contribution in [2.75, 3.05) is 13.2 Å². The summed E-state index contributed by atoms with van der Waals surface area (Å²) in [7, 11) is -4.09. The summed E-state index contributed by atoms with van der Waals surface area (Å²) in [6, 6.07) is 9.77. The van der Waals surface area contributed by atoms with Crippen molar-refractivity contribution in [2.45, 2.75) is 18.2 Å². The van der Waals surface area contributed by atoms with Crippen molar-refractivity contribution in [2.24, 2.45) is 0 Å². The number of ether oxygens (including phenoxy) is 1. The average Bonchev–Trinajstić information content (AvgIpc) is 2.49. The van der Waals surface area contributed by atoms with Gasteiger partial charge in [-0.2, -0.15) is 0 Å². The van der Waals surface area contributed by atoms with Crippen molar-refractivity contribution in [3.63, 3.8) is 0 Å². The van der Waals surface area contributed by atoms with Gasteiger partial charge in [0, 0.05) is 6.54 Å². The highest BCUT2D eigenvalue weighted by Crippen LogP contribution is 2.15. The van der Waals surface area contributed by atoms with Crippen LogP contribution in [0.25, 0.3) is 0 Å². The van der Waals surface area contributed by atoms with E-state index in [9.17, 15) is 17.2 Å². The minimum Gasteiger partial charge on any atom is -0.494 e. The SMILES string of the molecule is Cc1cccc(OCCCNS(=O)(=O)c2cc(F)ccc2F)c1. The van der Waals surface area contributed by atoms with Gasteiger partial charge in [-0.15, -0.1) is 0 Å². The molecular weight excluding hydrogens is 324 g/mol. The van der Waals surface area contributed by atoms with Gasteiger partial charge in [0.1, 0.15) is 22.3 Å². The molecule has 2 rings (SSSR count). The lowest BCUT2D eigenvalue weighted by molar-refractivity contribution is 0.311. The summed E-state index contributed by atoms with van der Waals surface area (Å²) in [6.45, 7) is 2.30. The Morgan fingerprint density at radius 2 is 1.91 bits per heavy atom. The predicted molar refractivity (Wildman–Crippen MR) is 82.8 cm³/mol. The van der Waals surface area contributed by atoms with E-state index in [2.05, 4.69) is 4.72 Å². The number of nitrogens with one attached hydrogen (secondary N) is 1. The Kier molecular flexibility index (Phi) is 5.68. The van der Waals surface area contributed by atoms with E-state index < -0.39 is 26.6 Å². The molecule has 0 fully saturated rings. The quantitative estimate of drug-likeness (QED) is 0.788. The molecule has 7 heteroatoms. The summed E-state index contributed by atoms with van der Waals surface area (Å²) >= 11 is 0. The lowest BCUT2D eigenvalue weighted by Gasteiger charge is -2.09. The topological polar surface area (TPSA) is 55.4 Å². The third-order valence-electron chi connectivity index (χ3n) is 3.05. The fraction of sp³-hybridized carbons (Fsp3) is 0.250. The number of sulfonamides is 1. The number of aryl methyl sites for hydroxylation is 1. The van der Waals surface area contributed by atoms with Crippen LogP contribution in [0.2, 0.25) is 0 Å². The highest BCUT2D eigenvalue weighted by atomic mass is 32.2. The van der Waals surface area contributed by atoms with E-state index in [1.807, 2.05) is 25.1 Å². The summed E-state index contributed by atoms with van der Waals surface area (Å²) in [4.78, 5) is -0.697. The van der Waals surface area contributed by atoms with E-state index in [1.54, 1.807) is 6.07 Å². The Labute approximate surface area is 134 Å². The Morgan fingerprint density at radius 1 is 1.13 bits per heavy atom. The molecule has 1 N–H and O–H groups in total. The average molecular weight is 341 g/mol. The van der Waals surface area contributed by atoms with Crippen molar-refractivity contribution >= 4 is 10.0 Å². The minimum absolute atomic E-state index is 0.0596. The number of halogens is 2. The van der Waals surface area contributed by atoms with Gasteiger partial charge in [-0.25, -0.2) is 21.9 Å². The molecule has 4 nitrogen and oxygen atoms in total. The summed E-state index contributed by atoms with van der Waals surface area (Å²) in [5.41, 5.74) is 1.06. The van der Waals surface area contributed by atoms with Crippen molar-refractivity contribution < 1.29 is 21.9 Å². The van der Waals surface area contributed by atoms with Crippen LogP contribution in [-0.2, 0) is 10.0 Å². The summed E-state index contributed by atoms with van der Waals surface area (Å²) in [5, 5.41) is 0. The maximum absolute atomic E-state index is 13.5. The molecule has 0 atom stereocenters. The first kappa shape index (κ1) is 17.4. The van der Waals surface area contributed by atoms with Gasteiger partial charge in [-0.3, -0.25) is 0 Å². The molecule has 0 spiro atoms. The molecule has 0 amide bonds. The molecule has 0 radical (unpaired) electrons. The van der Waals surface area contributed by atoms with Crippen LogP contribution in [0.4, 0.5) is 8.78 Å². The maximum Gasteiger partial charge on any atom is 0.243 e. The molecule has 0 aliphatic heterocycles. The Morgan fingerprint density at radius 3 is 2.65 bits per heavy atom. The fourth-order valence-electron chi connectivity index (χ4n) is 1.93. The van der Waals surface area contributed by atoms with E-state index in [0.717, 1.165) is 17.7 Å². The lowest BCUT2D eigenvalue weighted by Crippen LogP contribution is -2.26. The minimum atomic E-state index is -4.09. The molecule has 23 heavy (non-hydrogen) atoms. The first-order valence-electron chi connectivity index (χ1n) is 7.03. The Bertz CT molecular complexity index is 779. The zero-order chi connectivity index (χ0) is 16.9. The molecule has 0 aliphatic carbocycles. The van der Waals surface area contributed by atoms with Crippen molar-refractivity contribution in [3.8, 4) is 5.75 Å². The molecule has 0 aliphatic rings. The normalized spacial score (nSPS) is 11.4. The first-order chi connectivity index (χ1) is 10.9. The van der Waals surface area contributed by atoms with Crippen LogP contribution in [-0.4, -0.2) is 21.6 Å². The first-order valence-corrected chi connectivity index (χ1v) is 8.51. The highest BCUT2D eigenvalue weighted by molar-refractivity contribution is 7.89. The van der Waals surface area contributed by atoms with Crippen LogP contribution in [0.5, 0.6) is 5.75 Å². The van der Waals surface area contributed by atoms with E-state index >= 15 is 0 Å². The third kappa shape index (κ3) is 5.01. The standard InChI is InChI=1S/C16H17F2NO3S/c1-12-4-2-5-14(10-12)22-9-3-8-19-23(20,21)16-11-13(17)6-7-15(16)18/h2,4-7,10-11,19H,3,8-9H2,1H3. The maximum atomic E-state index is 13.5. The molecule has 0 saturated carbocycles. The number of rotatable bonds is 7. The fourth-order valence-corrected chi connectivity index (χ4v) is 3.10. The van der Waals surface area contributed by atoms with Gasteiger partial charge in [0.15, 0.2) is 0 Å². The molecule has 2 aromatic carbocycles. The van der Waals surface area contributed by atoms with Gasteiger partial charge >= 0.3 is 0 Å². The Balaban J connectivity index is 1.84. The van der Waals surface area contributed by atoms with E-state index in [4.69, 9.17) is 4.74 Å². The zero-order valence-corrected chi connectivity index (χ0v) is 13.4. The highest BCUT2D eigenvalue weighted by Gasteiger charge is 2.19. The molecule has 124 valence electrons. The second kappa shape index (κ2) is 7.52. The van der Waals surface area contributed by atoms with Crippen molar-refractivity contribution in [3.05, 3.63) is 59.7 Å². The van der Waals surface area contributed by atoms with Crippen LogP contribution < -0.4 is 9.46 Å². The van der Waals surface area contributed by atoms with Crippen molar-refractivity contribution in [1.82, 2.24) is 4.72 Å². The van der Waals surface area contributed by atoms with Gasteiger partial charge in [0.2, 0.25) is 10.0 Å². The van der Waals surface area contributed by atoms with Gasteiger partial charge in [0.25, 0.3) is 0 Å². The van der Waals surface area contributed by atoms with E-state index in [1.165, 1.54) is 0 Å².